The van der Waals surface area contributed by atoms with Gasteiger partial charge in [0.05, 0.1) is 5.92 Å². The Bertz CT molecular complexity index is 507. The molecular weight excluding hydrogens is 323 g/mol. The van der Waals surface area contributed by atoms with E-state index in [4.69, 9.17) is 5.11 Å². The molecule has 2 atom stereocenters. The molecule has 0 saturated carbocycles. The van der Waals surface area contributed by atoms with Crippen LogP contribution in [0.2, 0.25) is 0 Å². The Morgan fingerprint density at radius 2 is 1.95 bits per heavy atom. The average Bonchev–Trinajstić information content (AvgIpc) is 2.86. The maximum atomic E-state index is 12.1. The van der Waals surface area contributed by atoms with Crippen LogP contribution in [0.3, 0.4) is 0 Å². The van der Waals surface area contributed by atoms with Crippen LogP contribution in [-0.2, 0) is 4.79 Å². The number of hydrogen-bond donors (Lipinski definition) is 1. The fraction of sp³-hybridized carbons (Fsp3) is 0.500. The van der Waals surface area contributed by atoms with Crippen LogP contribution in [0.1, 0.15) is 24.9 Å². The van der Waals surface area contributed by atoms with Gasteiger partial charge in [0, 0.05) is 12.6 Å². The molecule has 0 amide bonds. The third-order valence-electron chi connectivity index (χ3n) is 3.71. The molecule has 0 radical (unpaired) electrons. The van der Waals surface area contributed by atoms with Gasteiger partial charge in [-0.25, -0.2) is 0 Å². The number of halogens is 4. The van der Waals surface area contributed by atoms with Crippen molar-refractivity contribution in [1.82, 2.24) is 4.90 Å². The molecule has 1 N–H and O–H groups in total. The predicted octanol–water partition coefficient (Wildman–Crippen LogP) is 3.47. The number of benzene rings is 1. The number of aliphatic carboxylic acids is 1. The van der Waals surface area contributed by atoms with Gasteiger partial charge in [-0.1, -0.05) is 12.1 Å². The van der Waals surface area contributed by atoms with Gasteiger partial charge in [-0.3, -0.25) is 9.69 Å². The van der Waals surface area contributed by atoms with Gasteiger partial charge in [0.1, 0.15) is 5.75 Å². The summed E-state index contributed by atoms with van der Waals surface area (Å²) < 4.78 is 40.1. The molecule has 8 heteroatoms. The normalized spacial score (nSPS) is 20.3. The number of carbonyl (C=O) groups is 1. The van der Waals surface area contributed by atoms with E-state index in [1.165, 1.54) is 12.1 Å². The van der Waals surface area contributed by atoms with Gasteiger partial charge in [-0.2, -0.15) is 0 Å². The summed E-state index contributed by atoms with van der Waals surface area (Å²) in [5.74, 6) is -1.44. The Morgan fingerprint density at radius 3 is 2.41 bits per heavy atom. The first-order valence-electron chi connectivity index (χ1n) is 6.59. The number of hydrogen-bond acceptors (Lipinski definition) is 3. The predicted molar refractivity (Wildman–Crippen MR) is 76.1 cm³/mol. The van der Waals surface area contributed by atoms with Gasteiger partial charge in [0.25, 0.3) is 0 Å². The summed E-state index contributed by atoms with van der Waals surface area (Å²) in [6, 6.07) is 5.63. The topological polar surface area (TPSA) is 49.8 Å². The lowest BCUT2D eigenvalue weighted by molar-refractivity contribution is -0.274. The number of likely N-dealkylation sites (tertiary alicyclic amines) is 1. The van der Waals surface area contributed by atoms with E-state index in [1.54, 1.807) is 12.1 Å². The summed E-state index contributed by atoms with van der Waals surface area (Å²) >= 11 is 0. The molecule has 1 fully saturated rings. The van der Waals surface area contributed by atoms with Crippen molar-refractivity contribution in [2.75, 3.05) is 13.1 Å². The second-order valence-corrected chi connectivity index (χ2v) is 5.11. The smallest absolute Gasteiger partial charge is 0.481 e. The van der Waals surface area contributed by atoms with Crippen molar-refractivity contribution in [2.45, 2.75) is 25.7 Å². The third kappa shape index (κ3) is 4.78. The molecule has 4 nitrogen and oxygen atoms in total. The number of nitrogens with zero attached hydrogens (tertiary/aromatic N) is 1. The van der Waals surface area contributed by atoms with Crippen LogP contribution in [0, 0.1) is 5.92 Å². The number of carboxylic acid groups (broad SMARTS) is 1. The van der Waals surface area contributed by atoms with Crippen molar-refractivity contribution in [3.63, 3.8) is 0 Å². The summed E-state index contributed by atoms with van der Waals surface area (Å²) in [6.45, 7) is 3.03. The van der Waals surface area contributed by atoms with Crippen LogP contribution in [0.5, 0.6) is 5.75 Å². The molecule has 0 spiro atoms. The van der Waals surface area contributed by atoms with Crippen LogP contribution in [-0.4, -0.2) is 35.4 Å². The van der Waals surface area contributed by atoms with Gasteiger partial charge in [0.15, 0.2) is 0 Å². The average molecular weight is 340 g/mol. The fourth-order valence-corrected chi connectivity index (χ4v) is 2.50. The monoisotopic (exact) mass is 339 g/mol. The van der Waals surface area contributed by atoms with E-state index in [-0.39, 0.29) is 30.1 Å². The Hall–Kier alpha value is -1.47. The van der Waals surface area contributed by atoms with Crippen molar-refractivity contribution in [1.29, 1.82) is 0 Å². The zero-order valence-corrected chi connectivity index (χ0v) is 12.7. The highest BCUT2D eigenvalue weighted by Gasteiger charge is 2.32. The van der Waals surface area contributed by atoms with E-state index in [1.807, 2.05) is 11.8 Å². The SMILES string of the molecule is CC(c1ccc(OC(F)(F)F)cc1)N1CCC(C(=O)O)C1.Cl. The summed E-state index contributed by atoms with van der Waals surface area (Å²) in [5.41, 5.74) is 0.829. The van der Waals surface area contributed by atoms with E-state index in [0.29, 0.717) is 19.5 Å². The number of alkyl halides is 3. The number of carboxylic acids is 1. The van der Waals surface area contributed by atoms with Crippen molar-refractivity contribution >= 4 is 18.4 Å². The Labute approximate surface area is 132 Å². The van der Waals surface area contributed by atoms with Crippen LogP contribution < -0.4 is 4.74 Å². The van der Waals surface area contributed by atoms with Crippen molar-refractivity contribution in [2.24, 2.45) is 5.92 Å². The second kappa shape index (κ2) is 7.19. The lowest BCUT2D eigenvalue weighted by atomic mass is 10.1. The molecule has 1 aliphatic rings. The second-order valence-electron chi connectivity index (χ2n) is 5.11. The molecule has 0 aliphatic carbocycles. The van der Waals surface area contributed by atoms with Crippen molar-refractivity contribution < 1.29 is 27.8 Å². The molecule has 1 aliphatic heterocycles. The summed E-state index contributed by atoms with van der Waals surface area (Å²) in [4.78, 5) is 12.9. The zero-order chi connectivity index (χ0) is 15.6. The van der Waals surface area contributed by atoms with E-state index in [0.717, 1.165) is 5.56 Å². The highest BCUT2D eigenvalue weighted by atomic mass is 35.5. The Kier molecular flexibility index (Phi) is 6.08. The quantitative estimate of drug-likeness (QED) is 0.912. The molecule has 1 heterocycles. The maximum Gasteiger partial charge on any atom is 0.573 e. The van der Waals surface area contributed by atoms with Gasteiger partial charge in [0.2, 0.25) is 0 Å². The van der Waals surface area contributed by atoms with Crippen molar-refractivity contribution in [3.8, 4) is 5.75 Å². The van der Waals surface area contributed by atoms with Crippen LogP contribution in [0.4, 0.5) is 13.2 Å². The minimum Gasteiger partial charge on any atom is -0.481 e. The van der Waals surface area contributed by atoms with Crippen LogP contribution >= 0.6 is 12.4 Å². The summed E-state index contributed by atoms with van der Waals surface area (Å²) in [6.07, 6.45) is -4.11. The van der Waals surface area contributed by atoms with Crippen LogP contribution in [0.25, 0.3) is 0 Å². The summed E-state index contributed by atoms with van der Waals surface area (Å²) in [5, 5.41) is 8.98. The number of ether oxygens (including phenoxy) is 1. The van der Waals surface area contributed by atoms with E-state index < -0.39 is 12.3 Å². The molecule has 2 unspecified atom stereocenters. The van der Waals surface area contributed by atoms with Gasteiger partial charge in [-0.15, -0.1) is 25.6 Å². The molecule has 1 saturated heterocycles. The van der Waals surface area contributed by atoms with Gasteiger partial charge < -0.3 is 9.84 Å². The first kappa shape index (κ1) is 18.6. The van der Waals surface area contributed by atoms with E-state index >= 15 is 0 Å². The molecule has 22 heavy (non-hydrogen) atoms. The van der Waals surface area contributed by atoms with Gasteiger partial charge in [-0.05, 0) is 37.6 Å². The Balaban J connectivity index is 0.00000242. The third-order valence-corrected chi connectivity index (χ3v) is 3.71. The molecule has 1 aromatic rings. The largest absolute Gasteiger partial charge is 0.573 e. The fourth-order valence-electron chi connectivity index (χ4n) is 2.50. The lowest BCUT2D eigenvalue weighted by Crippen LogP contribution is -2.26. The summed E-state index contributed by atoms with van der Waals surface area (Å²) in [7, 11) is 0. The molecule has 0 aromatic heterocycles. The molecule has 124 valence electrons. The van der Waals surface area contributed by atoms with E-state index in [2.05, 4.69) is 4.74 Å². The van der Waals surface area contributed by atoms with Crippen molar-refractivity contribution in [3.05, 3.63) is 29.8 Å². The first-order chi connectivity index (χ1) is 9.76. The highest BCUT2D eigenvalue weighted by Crippen LogP contribution is 2.29. The molecular formula is C14H17ClF3NO3. The standard InChI is InChI=1S/C14H16F3NO3.ClH/c1-9(18-7-6-11(8-18)13(19)20)10-2-4-12(5-3-10)21-14(15,16)17;/h2-5,9,11H,6-8H2,1H3,(H,19,20);1H. The molecule has 0 bridgehead atoms. The highest BCUT2D eigenvalue weighted by molar-refractivity contribution is 5.85. The molecule has 1 aromatic carbocycles. The lowest BCUT2D eigenvalue weighted by Gasteiger charge is -2.24. The minimum absolute atomic E-state index is 0. The first-order valence-corrected chi connectivity index (χ1v) is 6.59. The number of rotatable bonds is 4. The van der Waals surface area contributed by atoms with E-state index in [9.17, 15) is 18.0 Å². The minimum atomic E-state index is -4.70. The zero-order valence-electron chi connectivity index (χ0n) is 11.8. The van der Waals surface area contributed by atoms with Crippen LogP contribution in [0.15, 0.2) is 24.3 Å². The Morgan fingerprint density at radius 1 is 1.36 bits per heavy atom. The maximum absolute atomic E-state index is 12.1. The van der Waals surface area contributed by atoms with Gasteiger partial charge >= 0.3 is 12.3 Å². The molecule has 2 rings (SSSR count).